The zero-order chi connectivity index (χ0) is 11.7. The summed E-state index contributed by atoms with van der Waals surface area (Å²) >= 11 is 0. The molecule has 15 heavy (non-hydrogen) atoms. The van der Waals surface area contributed by atoms with Crippen molar-refractivity contribution < 1.29 is 4.79 Å². The minimum atomic E-state index is -0.649. The second-order valence-corrected chi connectivity index (χ2v) is 4.79. The van der Waals surface area contributed by atoms with Crippen molar-refractivity contribution in [3.63, 3.8) is 0 Å². The first-order chi connectivity index (χ1) is 6.75. The second-order valence-electron chi connectivity index (χ2n) is 4.79. The van der Waals surface area contributed by atoms with Crippen LogP contribution in [0.25, 0.3) is 0 Å². The summed E-state index contributed by atoms with van der Waals surface area (Å²) in [6.45, 7) is 7.31. The maximum absolute atomic E-state index is 11.9. The average molecular weight is 210 g/mol. The number of nitrogens with one attached hydrogen (secondary N) is 2. The first-order valence-electron chi connectivity index (χ1n) is 4.84. The molecule has 84 valence electrons. The topological polar surface area (TPSA) is 83.8 Å². The van der Waals surface area contributed by atoms with Crippen LogP contribution in [-0.4, -0.2) is 21.6 Å². The number of anilines is 1. The molecule has 0 aliphatic carbocycles. The van der Waals surface area contributed by atoms with E-state index < -0.39 is 11.0 Å². The van der Waals surface area contributed by atoms with Crippen LogP contribution in [0.5, 0.6) is 0 Å². The SMILES string of the molecule is CC(C)(N)C(C)(C)C(=O)Nc1cn[nH]c1. The Morgan fingerprint density at radius 2 is 2.07 bits per heavy atom. The maximum atomic E-state index is 11.9. The van der Waals surface area contributed by atoms with Crippen molar-refractivity contribution in [2.75, 3.05) is 5.32 Å². The predicted octanol–water partition coefficient (Wildman–Crippen LogP) is 1.11. The van der Waals surface area contributed by atoms with E-state index in [0.29, 0.717) is 5.69 Å². The van der Waals surface area contributed by atoms with Gasteiger partial charge in [0.05, 0.1) is 17.3 Å². The van der Waals surface area contributed by atoms with E-state index in [0.717, 1.165) is 0 Å². The zero-order valence-electron chi connectivity index (χ0n) is 9.59. The molecule has 0 aliphatic rings. The number of hydrogen-bond acceptors (Lipinski definition) is 3. The van der Waals surface area contributed by atoms with Crippen molar-refractivity contribution in [2.24, 2.45) is 11.1 Å². The largest absolute Gasteiger partial charge is 0.325 e. The van der Waals surface area contributed by atoms with Crippen LogP contribution in [0.15, 0.2) is 12.4 Å². The van der Waals surface area contributed by atoms with Crippen molar-refractivity contribution in [1.29, 1.82) is 0 Å². The molecule has 0 atom stereocenters. The Morgan fingerprint density at radius 1 is 1.47 bits per heavy atom. The molecular formula is C10H18N4O. The van der Waals surface area contributed by atoms with E-state index in [-0.39, 0.29) is 5.91 Å². The van der Waals surface area contributed by atoms with Gasteiger partial charge in [-0.1, -0.05) is 0 Å². The van der Waals surface area contributed by atoms with Gasteiger partial charge in [-0.15, -0.1) is 0 Å². The van der Waals surface area contributed by atoms with Gasteiger partial charge >= 0.3 is 0 Å². The third kappa shape index (κ3) is 2.36. The highest BCUT2D eigenvalue weighted by Gasteiger charge is 2.40. The smallest absolute Gasteiger partial charge is 0.231 e. The molecule has 5 nitrogen and oxygen atoms in total. The van der Waals surface area contributed by atoms with Gasteiger partial charge in [0.15, 0.2) is 0 Å². The number of amides is 1. The van der Waals surface area contributed by atoms with Crippen LogP contribution in [0.1, 0.15) is 27.7 Å². The molecule has 0 bridgehead atoms. The third-order valence-electron chi connectivity index (χ3n) is 2.93. The van der Waals surface area contributed by atoms with Crippen LogP contribution >= 0.6 is 0 Å². The van der Waals surface area contributed by atoms with E-state index in [9.17, 15) is 4.79 Å². The molecule has 4 N–H and O–H groups in total. The molecule has 0 unspecified atom stereocenters. The van der Waals surface area contributed by atoms with E-state index in [1.165, 1.54) is 0 Å². The number of hydrogen-bond donors (Lipinski definition) is 3. The molecule has 0 spiro atoms. The lowest BCUT2D eigenvalue weighted by molar-refractivity contribution is -0.126. The van der Waals surface area contributed by atoms with Crippen LogP contribution in [0.4, 0.5) is 5.69 Å². The highest BCUT2D eigenvalue weighted by Crippen LogP contribution is 2.29. The summed E-state index contributed by atoms with van der Waals surface area (Å²) in [6.07, 6.45) is 3.18. The Morgan fingerprint density at radius 3 is 2.47 bits per heavy atom. The van der Waals surface area contributed by atoms with Crippen LogP contribution < -0.4 is 11.1 Å². The number of carbonyl (C=O) groups excluding carboxylic acids is 1. The van der Waals surface area contributed by atoms with Gasteiger partial charge in [0.1, 0.15) is 0 Å². The molecule has 1 heterocycles. The average Bonchev–Trinajstić information content (AvgIpc) is 2.54. The molecular weight excluding hydrogens is 192 g/mol. The summed E-state index contributed by atoms with van der Waals surface area (Å²) in [7, 11) is 0. The van der Waals surface area contributed by atoms with Gasteiger partial charge in [0.2, 0.25) is 5.91 Å². The van der Waals surface area contributed by atoms with Crippen molar-refractivity contribution in [1.82, 2.24) is 10.2 Å². The monoisotopic (exact) mass is 210 g/mol. The highest BCUT2D eigenvalue weighted by molar-refractivity contribution is 5.95. The molecule has 1 aromatic rings. The Bertz CT molecular complexity index is 335. The molecule has 0 saturated carbocycles. The maximum Gasteiger partial charge on any atom is 0.231 e. The minimum absolute atomic E-state index is 0.114. The Hall–Kier alpha value is -1.36. The van der Waals surface area contributed by atoms with Gasteiger partial charge in [-0.3, -0.25) is 9.89 Å². The second kappa shape index (κ2) is 3.66. The number of nitrogens with two attached hydrogens (primary N) is 1. The summed E-state index contributed by atoms with van der Waals surface area (Å²) in [6, 6.07) is 0. The fourth-order valence-corrected chi connectivity index (χ4v) is 0.899. The molecule has 1 rings (SSSR count). The molecule has 1 aromatic heterocycles. The molecule has 1 amide bonds. The molecule has 0 fully saturated rings. The lowest BCUT2D eigenvalue weighted by Crippen LogP contribution is -2.53. The Kier molecular flexibility index (Phi) is 2.86. The highest BCUT2D eigenvalue weighted by atomic mass is 16.2. The van der Waals surface area contributed by atoms with E-state index in [1.807, 2.05) is 27.7 Å². The minimum Gasteiger partial charge on any atom is -0.325 e. The van der Waals surface area contributed by atoms with Crippen molar-refractivity contribution in [3.8, 4) is 0 Å². The zero-order valence-corrected chi connectivity index (χ0v) is 9.59. The van der Waals surface area contributed by atoms with E-state index in [4.69, 9.17) is 5.73 Å². The van der Waals surface area contributed by atoms with Crippen molar-refractivity contribution in [3.05, 3.63) is 12.4 Å². The summed E-state index contributed by atoms with van der Waals surface area (Å²) in [5, 5.41) is 9.13. The van der Waals surface area contributed by atoms with Crippen LogP contribution in [-0.2, 0) is 4.79 Å². The Labute approximate surface area is 89.4 Å². The molecule has 0 saturated heterocycles. The van der Waals surface area contributed by atoms with Gasteiger partial charge in [-0.2, -0.15) is 5.10 Å². The summed E-state index contributed by atoms with van der Waals surface area (Å²) < 4.78 is 0. The van der Waals surface area contributed by atoms with Crippen molar-refractivity contribution >= 4 is 11.6 Å². The number of nitrogens with zero attached hydrogens (tertiary/aromatic N) is 1. The summed E-state index contributed by atoms with van der Waals surface area (Å²) in [5.74, 6) is -0.114. The standard InChI is InChI=1S/C10H18N4O/c1-9(2,10(3,4)11)8(15)14-7-5-12-13-6-7/h5-6H,11H2,1-4H3,(H,12,13)(H,14,15). The third-order valence-corrected chi connectivity index (χ3v) is 2.93. The molecule has 0 aliphatic heterocycles. The quantitative estimate of drug-likeness (QED) is 0.698. The number of carbonyl (C=O) groups is 1. The number of H-pyrrole nitrogens is 1. The first-order valence-corrected chi connectivity index (χ1v) is 4.84. The number of aromatic nitrogens is 2. The van der Waals surface area contributed by atoms with Gasteiger partial charge in [0.25, 0.3) is 0 Å². The summed E-state index contributed by atoms with van der Waals surface area (Å²) in [5.41, 5.74) is 5.38. The fourth-order valence-electron chi connectivity index (χ4n) is 0.899. The van der Waals surface area contributed by atoms with Gasteiger partial charge in [-0.25, -0.2) is 0 Å². The van der Waals surface area contributed by atoms with E-state index in [1.54, 1.807) is 12.4 Å². The summed E-state index contributed by atoms with van der Waals surface area (Å²) in [4.78, 5) is 11.9. The van der Waals surface area contributed by atoms with E-state index >= 15 is 0 Å². The first kappa shape index (κ1) is 11.7. The molecule has 5 heteroatoms. The lowest BCUT2D eigenvalue weighted by Gasteiger charge is -2.36. The van der Waals surface area contributed by atoms with Crippen LogP contribution in [0, 0.1) is 5.41 Å². The number of aromatic amines is 1. The molecule has 0 radical (unpaired) electrons. The Balaban J connectivity index is 2.77. The van der Waals surface area contributed by atoms with Crippen LogP contribution in [0.3, 0.4) is 0 Å². The van der Waals surface area contributed by atoms with E-state index in [2.05, 4.69) is 15.5 Å². The van der Waals surface area contributed by atoms with Crippen LogP contribution in [0.2, 0.25) is 0 Å². The molecule has 0 aromatic carbocycles. The fraction of sp³-hybridized carbons (Fsp3) is 0.600. The predicted molar refractivity (Wildman–Crippen MR) is 59.3 cm³/mol. The lowest BCUT2D eigenvalue weighted by atomic mass is 9.74. The normalized spacial score (nSPS) is 12.6. The number of rotatable bonds is 3. The van der Waals surface area contributed by atoms with Gasteiger partial charge < -0.3 is 11.1 Å². The van der Waals surface area contributed by atoms with Crippen molar-refractivity contribution in [2.45, 2.75) is 33.2 Å². The van der Waals surface area contributed by atoms with Gasteiger partial charge in [0, 0.05) is 11.7 Å². The van der Waals surface area contributed by atoms with Gasteiger partial charge in [-0.05, 0) is 27.7 Å².